The van der Waals surface area contributed by atoms with Crippen LogP contribution < -0.4 is 4.74 Å². The van der Waals surface area contributed by atoms with E-state index in [1.807, 2.05) is 36.0 Å². The van der Waals surface area contributed by atoms with Gasteiger partial charge in [-0.15, -0.1) is 0 Å². The molecule has 0 spiro atoms. The van der Waals surface area contributed by atoms with Crippen LogP contribution in [-0.4, -0.2) is 28.7 Å². The molecule has 1 heterocycles. The molecule has 1 N–H and O–H groups in total. The molecule has 4 heteroatoms. The van der Waals surface area contributed by atoms with Crippen molar-refractivity contribution < 1.29 is 14.6 Å². The molecular weight excluding hydrogens is 236 g/mol. The zero-order valence-corrected chi connectivity index (χ0v) is 10.6. The van der Waals surface area contributed by atoms with Crippen molar-refractivity contribution in [3.8, 4) is 5.75 Å². The molecule has 1 aliphatic heterocycles. The van der Waals surface area contributed by atoms with Crippen LogP contribution in [0.2, 0.25) is 0 Å². The molecule has 1 aliphatic rings. The molecule has 92 valence electrons. The highest BCUT2D eigenvalue weighted by atomic mass is 32.2. The summed E-state index contributed by atoms with van der Waals surface area (Å²) >= 11 is 1.87. The maximum Gasteiger partial charge on any atom is 0.306 e. The van der Waals surface area contributed by atoms with Gasteiger partial charge >= 0.3 is 5.97 Å². The van der Waals surface area contributed by atoms with E-state index >= 15 is 0 Å². The number of hydrogen-bond acceptors (Lipinski definition) is 3. The Balaban J connectivity index is 2.06. The van der Waals surface area contributed by atoms with Crippen LogP contribution in [0, 0.1) is 5.92 Å². The fourth-order valence-electron chi connectivity index (χ4n) is 1.67. The number of rotatable bonds is 5. The maximum absolute atomic E-state index is 10.9. The van der Waals surface area contributed by atoms with E-state index in [9.17, 15) is 4.79 Å². The number of thioether (sulfide) groups is 1. The lowest BCUT2D eigenvalue weighted by molar-refractivity contribution is -0.141. The molecule has 0 amide bonds. The fourth-order valence-corrected chi connectivity index (χ4v) is 2.23. The van der Waals surface area contributed by atoms with Crippen LogP contribution in [0.15, 0.2) is 24.3 Å². The van der Waals surface area contributed by atoms with Gasteiger partial charge in [0, 0.05) is 11.5 Å². The molecule has 1 aromatic rings. The molecule has 1 aromatic carbocycles. The van der Waals surface area contributed by atoms with Crippen molar-refractivity contribution in [1.29, 1.82) is 0 Å². The van der Waals surface area contributed by atoms with Crippen LogP contribution in [0.25, 0.3) is 0 Å². The largest absolute Gasteiger partial charge is 0.488 e. The Kier molecular flexibility index (Phi) is 3.94. The quantitative estimate of drug-likeness (QED) is 0.874. The SMILES string of the molecule is CC(Cc1ccccc1OC1CSC1)C(=O)O. The zero-order chi connectivity index (χ0) is 12.3. The first-order valence-corrected chi connectivity index (χ1v) is 6.87. The summed E-state index contributed by atoms with van der Waals surface area (Å²) in [5.41, 5.74) is 0.985. The molecule has 0 radical (unpaired) electrons. The second-order valence-corrected chi connectivity index (χ2v) is 5.40. The molecule has 1 fully saturated rings. The molecule has 1 saturated heterocycles. The van der Waals surface area contributed by atoms with Crippen LogP contribution in [0.1, 0.15) is 12.5 Å². The topological polar surface area (TPSA) is 46.5 Å². The number of para-hydroxylation sites is 1. The molecule has 0 bridgehead atoms. The predicted octanol–water partition coefficient (Wildman–Crippen LogP) is 2.44. The van der Waals surface area contributed by atoms with Crippen molar-refractivity contribution in [2.75, 3.05) is 11.5 Å². The normalized spacial score (nSPS) is 17.2. The van der Waals surface area contributed by atoms with E-state index in [0.717, 1.165) is 22.8 Å². The number of carbonyl (C=O) groups is 1. The minimum absolute atomic E-state index is 0.293. The van der Waals surface area contributed by atoms with Gasteiger partial charge in [0.2, 0.25) is 0 Å². The van der Waals surface area contributed by atoms with Crippen LogP contribution in [-0.2, 0) is 11.2 Å². The van der Waals surface area contributed by atoms with Gasteiger partial charge in [-0.25, -0.2) is 0 Å². The minimum Gasteiger partial charge on any atom is -0.488 e. The van der Waals surface area contributed by atoms with Gasteiger partial charge in [-0.05, 0) is 18.1 Å². The first-order valence-electron chi connectivity index (χ1n) is 5.72. The molecule has 0 aliphatic carbocycles. The van der Waals surface area contributed by atoms with E-state index in [1.54, 1.807) is 6.92 Å². The maximum atomic E-state index is 10.9. The lowest BCUT2D eigenvalue weighted by Gasteiger charge is -2.27. The molecule has 0 saturated carbocycles. The summed E-state index contributed by atoms with van der Waals surface area (Å²) in [5.74, 6) is 1.76. The van der Waals surface area contributed by atoms with Gasteiger partial charge in [0.05, 0.1) is 5.92 Å². The summed E-state index contributed by atoms with van der Waals surface area (Å²) in [6, 6.07) is 7.72. The Morgan fingerprint density at radius 1 is 1.53 bits per heavy atom. The van der Waals surface area contributed by atoms with Crippen LogP contribution in [0.3, 0.4) is 0 Å². The van der Waals surface area contributed by atoms with Crippen molar-refractivity contribution in [3.05, 3.63) is 29.8 Å². The molecular formula is C13H16O3S. The van der Waals surface area contributed by atoms with Crippen molar-refractivity contribution >= 4 is 17.7 Å². The molecule has 2 rings (SSSR count). The summed E-state index contributed by atoms with van der Waals surface area (Å²) in [6.07, 6.45) is 0.812. The number of carboxylic acid groups (broad SMARTS) is 1. The van der Waals surface area contributed by atoms with Gasteiger partial charge in [0.15, 0.2) is 0 Å². The Bertz CT molecular complexity index is 401. The van der Waals surface area contributed by atoms with Crippen molar-refractivity contribution in [3.63, 3.8) is 0 Å². The van der Waals surface area contributed by atoms with Gasteiger partial charge in [0.25, 0.3) is 0 Å². The molecule has 0 aromatic heterocycles. The number of hydrogen-bond donors (Lipinski definition) is 1. The van der Waals surface area contributed by atoms with E-state index in [4.69, 9.17) is 9.84 Å². The zero-order valence-electron chi connectivity index (χ0n) is 9.76. The summed E-state index contributed by atoms with van der Waals surface area (Å²) < 4.78 is 5.85. The Morgan fingerprint density at radius 2 is 2.24 bits per heavy atom. The van der Waals surface area contributed by atoms with Gasteiger partial charge in [-0.1, -0.05) is 25.1 Å². The fraction of sp³-hybridized carbons (Fsp3) is 0.462. The summed E-state index contributed by atoms with van der Waals surface area (Å²) in [4.78, 5) is 10.9. The van der Waals surface area contributed by atoms with Crippen molar-refractivity contribution in [1.82, 2.24) is 0 Å². The van der Waals surface area contributed by atoms with Gasteiger partial charge in [0.1, 0.15) is 11.9 Å². The molecule has 3 nitrogen and oxygen atoms in total. The van der Waals surface area contributed by atoms with Crippen LogP contribution in [0.5, 0.6) is 5.75 Å². The van der Waals surface area contributed by atoms with E-state index in [0.29, 0.717) is 12.5 Å². The van der Waals surface area contributed by atoms with Crippen LogP contribution in [0.4, 0.5) is 0 Å². The second kappa shape index (κ2) is 5.45. The lowest BCUT2D eigenvalue weighted by atomic mass is 10.0. The third kappa shape index (κ3) is 3.16. The monoisotopic (exact) mass is 252 g/mol. The van der Waals surface area contributed by atoms with Crippen molar-refractivity contribution in [2.45, 2.75) is 19.4 Å². The highest BCUT2D eigenvalue weighted by molar-refractivity contribution is 8.00. The van der Waals surface area contributed by atoms with Crippen molar-refractivity contribution in [2.24, 2.45) is 5.92 Å². The third-order valence-corrected chi connectivity index (χ3v) is 4.04. The van der Waals surface area contributed by atoms with Gasteiger partial charge < -0.3 is 9.84 Å². The summed E-state index contributed by atoms with van der Waals surface area (Å²) in [7, 11) is 0. The van der Waals surface area contributed by atoms with E-state index in [2.05, 4.69) is 0 Å². The number of carboxylic acids is 1. The average molecular weight is 252 g/mol. The summed E-state index contributed by atoms with van der Waals surface area (Å²) in [5, 5.41) is 8.93. The smallest absolute Gasteiger partial charge is 0.306 e. The third-order valence-electron chi connectivity index (χ3n) is 2.82. The molecule has 1 atom stereocenters. The van der Waals surface area contributed by atoms with Gasteiger partial charge in [-0.3, -0.25) is 4.79 Å². The Hall–Kier alpha value is -1.16. The van der Waals surface area contributed by atoms with E-state index in [-0.39, 0.29) is 5.92 Å². The molecule has 17 heavy (non-hydrogen) atoms. The number of benzene rings is 1. The molecule has 1 unspecified atom stereocenters. The minimum atomic E-state index is -0.765. The summed E-state index contributed by atoms with van der Waals surface area (Å²) in [6.45, 7) is 1.72. The first kappa shape index (κ1) is 12.3. The van der Waals surface area contributed by atoms with E-state index in [1.165, 1.54) is 0 Å². The predicted molar refractivity (Wildman–Crippen MR) is 68.7 cm³/mol. The average Bonchev–Trinajstić information content (AvgIpc) is 2.25. The number of ether oxygens (including phenoxy) is 1. The lowest BCUT2D eigenvalue weighted by Crippen LogP contribution is -2.31. The first-order chi connectivity index (χ1) is 8.16. The Morgan fingerprint density at radius 3 is 2.82 bits per heavy atom. The van der Waals surface area contributed by atoms with Crippen LogP contribution >= 0.6 is 11.8 Å². The van der Waals surface area contributed by atoms with Gasteiger partial charge in [-0.2, -0.15) is 11.8 Å². The highest BCUT2D eigenvalue weighted by Crippen LogP contribution is 2.27. The standard InChI is InChI=1S/C13H16O3S/c1-9(13(14)15)6-10-4-2-3-5-12(10)16-11-7-17-8-11/h2-5,9,11H,6-8H2,1H3,(H,14,15). The second-order valence-electron chi connectivity index (χ2n) is 4.33. The van der Waals surface area contributed by atoms with E-state index < -0.39 is 5.97 Å². The number of aliphatic carboxylic acids is 1. The Labute approximate surface area is 105 Å². The highest BCUT2D eigenvalue weighted by Gasteiger charge is 2.21.